The standard InChI is InChI=1S/C38H30N2O2P2/c41-43(33-23-11-3-12-24-33,34-25-13-4-14-26-34)39-37(31-19-7-1-8-20-31)38(32-21-9-2-10-22-32)40-44(42,35-27-15-5-16-28-35)36-29-17-6-18-30-36/h1-30H. The maximum atomic E-state index is 15.3. The van der Waals surface area contributed by atoms with Crippen molar-refractivity contribution in [1.82, 2.24) is 0 Å². The number of benzene rings is 6. The molecule has 44 heavy (non-hydrogen) atoms. The second-order valence-electron chi connectivity index (χ2n) is 10.1. The molecule has 0 unspecified atom stereocenters. The van der Waals surface area contributed by atoms with Gasteiger partial charge in [0, 0.05) is 32.3 Å². The van der Waals surface area contributed by atoms with Crippen LogP contribution >= 0.6 is 14.6 Å². The number of hydrogen-bond donors (Lipinski definition) is 0. The Morgan fingerprint density at radius 2 is 0.523 bits per heavy atom. The first-order valence-electron chi connectivity index (χ1n) is 14.3. The Morgan fingerprint density at radius 1 is 0.318 bits per heavy atom. The third-order valence-corrected chi connectivity index (χ3v) is 12.2. The molecule has 0 aliphatic carbocycles. The van der Waals surface area contributed by atoms with E-state index in [0.29, 0.717) is 32.6 Å². The molecule has 4 nitrogen and oxygen atoms in total. The zero-order valence-electron chi connectivity index (χ0n) is 23.9. The lowest BCUT2D eigenvalue weighted by atomic mass is 10.0. The summed E-state index contributed by atoms with van der Waals surface area (Å²) in [6.07, 6.45) is 0. The molecule has 6 rings (SSSR count). The van der Waals surface area contributed by atoms with E-state index >= 15 is 9.13 Å². The zero-order valence-corrected chi connectivity index (χ0v) is 25.7. The minimum atomic E-state index is -3.61. The van der Waals surface area contributed by atoms with Crippen LogP contribution in [-0.4, -0.2) is 11.4 Å². The van der Waals surface area contributed by atoms with E-state index in [0.717, 1.165) is 11.1 Å². The van der Waals surface area contributed by atoms with Gasteiger partial charge in [0.1, 0.15) is 0 Å². The molecule has 0 saturated heterocycles. The first kappa shape index (κ1) is 29.2. The Bertz CT molecular complexity index is 1750. The van der Waals surface area contributed by atoms with Gasteiger partial charge in [0.15, 0.2) is 0 Å². The lowest BCUT2D eigenvalue weighted by Crippen LogP contribution is -2.23. The van der Waals surface area contributed by atoms with E-state index in [1.165, 1.54) is 0 Å². The van der Waals surface area contributed by atoms with Crippen LogP contribution in [0.2, 0.25) is 0 Å². The summed E-state index contributed by atoms with van der Waals surface area (Å²) in [5, 5.41) is 2.39. The van der Waals surface area contributed by atoms with E-state index in [1.807, 2.05) is 182 Å². The van der Waals surface area contributed by atoms with Gasteiger partial charge in [0.2, 0.25) is 14.6 Å². The highest BCUT2D eigenvalue weighted by atomic mass is 31.2. The number of rotatable bonds is 9. The SMILES string of the molecule is O=P(N=C(C(=NP(=O)(c1ccccc1)c1ccccc1)c1ccccc1)c1ccccc1)(c1ccccc1)c1ccccc1. The quantitative estimate of drug-likeness (QED) is 0.124. The van der Waals surface area contributed by atoms with Crippen molar-refractivity contribution in [2.75, 3.05) is 0 Å². The van der Waals surface area contributed by atoms with Crippen LogP contribution in [0.15, 0.2) is 192 Å². The van der Waals surface area contributed by atoms with Gasteiger partial charge in [-0.1, -0.05) is 133 Å². The van der Waals surface area contributed by atoms with Gasteiger partial charge in [-0.25, -0.2) is 9.53 Å². The molecule has 6 aromatic carbocycles. The molecule has 0 amide bonds. The second-order valence-corrected chi connectivity index (χ2v) is 14.9. The fourth-order valence-electron chi connectivity index (χ4n) is 5.01. The lowest BCUT2D eigenvalue weighted by molar-refractivity contribution is 0.587. The first-order valence-corrected chi connectivity index (χ1v) is 17.6. The molecule has 6 heteroatoms. The summed E-state index contributed by atoms with van der Waals surface area (Å²) in [6.45, 7) is 0. The van der Waals surface area contributed by atoms with Crippen LogP contribution < -0.4 is 21.2 Å². The Balaban J connectivity index is 1.72. The lowest BCUT2D eigenvalue weighted by Gasteiger charge is -2.21. The maximum Gasteiger partial charge on any atom is 0.248 e. The molecule has 0 aliphatic heterocycles. The van der Waals surface area contributed by atoms with Gasteiger partial charge in [-0.2, -0.15) is 0 Å². The van der Waals surface area contributed by atoms with Crippen molar-refractivity contribution < 1.29 is 9.13 Å². The molecular weight excluding hydrogens is 578 g/mol. The summed E-state index contributed by atoms with van der Waals surface area (Å²) in [5.74, 6) is 0. The minimum absolute atomic E-state index is 0.403. The topological polar surface area (TPSA) is 58.9 Å². The summed E-state index contributed by atoms with van der Waals surface area (Å²) in [6, 6.07) is 56.5. The molecule has 0 heterocycles. The van der Waals surface area contributed by atoms with Gasteiger partial charge >= 0.3 is 0 Å². The Morgan fingerprint density at radius 3 is 0.750 bits per heavy atom. The zero-order chi connectivity index (χ0) is 30.2. The molecule has 0 N–H and O–H groups in total. The maximum absolute atomic E-state index is 15.3. The number of hydrogen-bond acceptors (Lipinski definition) is 2. The van der Waals surface area contributed by atoms with Crippen molar-refractivity contribution in [1.29, 1.82) is 0 Å². The van der Waals surface area contributed by atoms with Gasteiger partial charge < -0.3 is 0 Å². The van der Waals surface area contributed by atoms with Gasteiger partial charge in [0.25, 0.3) is 0 Å². The second kappa shape index (κ2) is 13.2. The van der Waals surface area contributed by atoms with E-state index in [2.05, 4.69) is 0 Å². The van der Waals surface area contributed by atoms with Crippen LogP contribution in [0.25, 0.3) is 0 Å². The highest BCUT2D eigenvalue weighted by Crippen LogP contribution is 2.48. The van der Waals surface area contributed by atoms with Crippen LogP contribution in [0.5, 0.6) is 0 Å². The number of nitrogens with zero attached hydrogens (tertiary/aromatic N) is 2. The molecule has 0 saturated carbocycles. The minimum Gasteiger partial charge on any atom is -0.288 e. The fourth-order valence-corrected chi connectivity index (χ4v) is 9.35. The molecule has 0 bridgehead atoms. The summed E-state index contributed by atoms with van der Waals surface area (Å²) in [4.78, 5) is 0. The Labute approximate surface area is 258 Å². The highest BCUT2D eigenvalue weighted by molar-refractivity contribution is 7.78. The van der Waals surface area contributed by atoms with Crippen molar-refractivity contribution in [2.24, 2.45) is 9.53 Å². The van der Waals surface area contributed by atoms with E-state index in [1.54, 1.807) is 0 Å². The van der Waals surface area contributed by atoms with Gasteiger partial charge in [0.05, 0.1) is 11.4 Å². The van der Waals surface area contributed by atoms with Crippen molar-refractivity contribution in [3.05, 3.63) is 193 Å². The predicted octanol–water partition coefficient (Wildman–Crippen LogP) is 7.82. The molecule has 6 aromatic rings. The average Bonchev–Trinajstić information content (AvgIpc) is 3.12. The van der Waals surface area contributed by atoms with Crippen LogP contribution in [0.4, 0.5) is 0 Å². The summed E-state index contributed by atoms with van der Waals surface area (Å²) in [5.41, 5.74) is 2.24. The van der Waals surface area contributed by atoms with Gasteiger partial charge in [-0.05, 0) is 48.5 Å². The smallest absolute Gasteiger partial charge is 0.248 e. The Kier molecular flexibility index (Phi) is 8.75. The van der Waals surface area contributed by atoms with E-state index in [4.69, 9.17) is 9.53 Å². The first-order chi connectivity index (χ1) is 21.6. The van der Waals surface area contributed by atoms with E-state index in [-0.39, 0.29) is 0 Å². The van der Waals surface area contributed by atoms with Crippen molar-refractivity contribution in [3.8, 4) is 0 Å². The highest BCUT2D eigenvalue weighted by Gasteiger charge is 2.32. The molecule has 0 aliphatic rings. The predicted molar refractivity (Wildman–Crippen MR) is 185 cm³/mol. The fraction of sp³-hybridized carbons (Fsp3) is 0. The molecule has 0 aromatic heterocycles. The molecular formula is C38H30N2O2P2. The monoisotopic (exact) mass is 608 g/mol. The normalized spacial score (nSPS) is 12.5. The molecule has 0 radical (unpaired) electrons. The summed E-state index contributed by atoms with van der Waals surface area (Å²) < 4.78 is 41.0. The third kappa shape index (κ3) is 6.10. The summed E-state index contributed by atoms with van der Waals surface area (Å²) in [7, 11) is -7.22. The third-order valence-electron chi connectivity index (χ3n) is 7.23. The van der Waals surface area contributed by atoms with Crippen molar-refractivity contribution in [2.45, 2.75) is 0 Å². The van der Waals surface area contributed by atoms with Crippen LogP contribution in [0.3, 0.4) is 0 Å². The van der Waals surface area contributed by atoms with E-state index < -0.39 is 14.6 Å². The molecule has 0 atom stereocenters. The molecule has 0 spiro atoms. The summed E-state index contributed by atoms with van der Waals surface area (Å²) >= 11 is 0. The van der Waals surface area contributed by atoms with Crippen molar-refractivity contribution >= 4 is 47.2 Å². The molecule has 0 fully saturated rings. The van der Waals surface area contributed by atoms with Crippen LogP contribution in [-0.2, 0) is 9.13 Å². The van der Waals surface area contributed by atoms with E-state index in [9.17, 15) is 0 Å². The van der Waals surface area contributed by atoms with Gasteiger partial charge in [-0.3, -0.25) is 9.13 Å². The van der Waals surface area contributed by atoms with Crippen LogP contribution in [0.1, 0.15) is 11.1 Å². The largest absolute Gasteiger partial charge is 0.288 e. The molecule has 214 valence electrons. The average molecular weight is 609 g/mol. The van der Waals surface area contributed by atoms with Gasteiger partial charge in [-0.15, -0.1) is 0 Å². The van der Waals surface area contributed by atoms with Crippen molar-refractivity contribution in [3.63, 3.8) is 0 Å². The Hall–Kier alpha value is -4.88. The van der Waals surface area contributed by atoms with Crippen LogP contribution in [0, 0.1) is 0 Å².